The Hall–Kier alpha value is -0.180. The van der Waals surface area contributed by atoms with Crippen LogP contribution in [-0.2, 0) is 4.79 Å². The molecule has 14 heavy (non-hydrogen) atoms. The second-order valence-corrected chi connectivity index (χ2v) is 5.35. The van der Waals surface area contributed by atoms with E-state index < -0.39 is 0 Å². The average Bonchev–Trinajstić information content (AvgIpc) is 2.13. The van der Waals surface area contributed by atoms with Crippen molar-refractivity contribution in [3.05, 3.63) is 0 Å². The molecule has 0 atom stereocenters. The molecule has 2 nitrogen and oxygen atoms in total. The number of carbonyl (C=O) groups excluding carboxylic acids is 1. The number of thiocarbonyl (C=S) groups is 1. The standard InChI is InChI=1S/C9H13NOS3/c1-2-3-4-5-8(11)10-6-7-14-9(12)13/h1H,3-7H2,(H,10,11)(H,12,13). The van der Waals surface area contributed by atoms with Gasteiger partial charge >= 0.3 is 0 Å². The van der Waals surface area contributed by atoms with Gasteiger partial charge in [0.15, 0.2) is 0 Å². The van der Waals surface area contributed by atoms with Crippen molar-refractivity contribution in [2.75, 3.05) is 12.3 Å². The molecule has 0 rings (SSSR count). The first-order valence-electron chi connectivity index (χ1n) is 4.22. The minimum Gasteiger partial charge on any atom is -0.355 e. The van der Waals surface area contributed by atoms with E-state index in [1.54, 1.807) is 0 Å². The Bertz CT molecular complexity index is 235. The number of unbranched alkanes of at least 4 members (excludes halogenated alkanes) is 1. The molecule has 0 saturated heterocycles. The van der Waals surface area contributed by atoms with Crippen molar-refractivity contribution in [1.82, 2.24) is 5.32 Å². The zero-order chi connectivity index (χ0) is 10.8. The summed E-state index contributed by atoms with van der Waals surface area (Å²) >= 11 is 10.2. The summed E-state index contributed by atoms with van der Waals surface area (Å²) in [5.41, 5.74) is 0. The number of thiol groups is 1. The topological polar surface area (TPSA) is 29.1 Å². The van der Waals surface area contributed by atoms with Crippen LogP contribution in [0.25, 0.3) is 0 Å². The van der Waals surface area contributed by atoms with E-state index in [4.69, 9.17) is 18.6 Å². The zero-order valence-electron chi connectivity index (χ0n) is 7.78. The van der Waals surface area contributed by atoms with Crippen LogP contribution in [0, 0.1) is 12.3 Å². The van der Waals surface area contributed by atoms with Gasteiger partial charge < -0.3 is 5.32 Å². The van der Waals surface area contributed by atoms with Crippen LogP contribution in [0.4, 0.5) is 0 Å². The largest absolute Gasteiger partial charge is 0.355 e. The second-order valence-electron chi connectivity index (χ2n) is 2.52. The lowest BCUT2D eigenvalue weighted by atomic mass is 10.2. The quantitative estimate of drug-likeness (QED) is 0.325. The molecule has 0 aliphatic heterocycles. The van der Waals surface area contributed by atoms with Crippen LogP contribution in [-0.4, -0.2) is 21.7 Å². The molecular weight excluding hydrogens is 234 g/mol. The van der Waals surface area contributed by atoms with Crippen LogP contribution in [0.3, 0.4) is 0 Å². The first-order chi connectivity index (χ1) is 6.66. The first-order valence-corrected chi connectivity index (χ1v) is 6.07. The van der Waals surface area contributed by atoms with E-state index in [2.05, 4.69) is 23.9 Å². The highest BCUT2D eigenvalue weighted by Crippen LogP contribution is 2.05. The Balaban J connectivity index is 3.28. The van der Waals surface area contributed by atoms with Crippen LogP contribution < -0.4 is 5.32 Å². The lowest BCUT2D eigenvalue weighted by Gasteiger charge is -2.02. The van der Waals surface area contributed by atoms with Crippen molar-refractivity contribution in [3.63, 3.8) is 0 Å². The van der Waals surface area contributed by atoms with E-state index in [1.807, 2.05) is 0 Å². The monoisotopic (exact) mass is 247 g/mol. The van der Waals surface area contributed by atoms with Gasteiger partial charge in [-0.05, 0) is 6.42 Å². The summed E-state index contributed by atoms with van der Waals surface area (Å²) in [5, 5.41) is 2.77. The van der Waals surface area contributed by atoms with Crippen molar-refractivity contribution in [2.45, 2.75) is 19.3 Å². The highest BCUT2D eigenvalue weighted by Gasteiger charge is 1.99. The summed E-state index contributed by atoms with van der Waals surface area (Å²) in [6, 6.07) is 0. The summed E-state index contributed by atoms with van der Waals surface area (Å²) in [5.74, 6) is 3.31. The summed E-state index contributed by atoms with van der Waals surface area (Å²) in [7, 11) is 0. The number of thioether (sulfide) groups is 1. The molecule has 0 bridgehead atoms. The van der Waals surface area contributed by atoms with E-state index in [0.717, 1.165) is 12.2 Å². The van der Waals surface area contributed by atoms with Crippen LogP contribution in [0.1, 0.15) is 19.3 Å². The number of hydrogen-bond donors (Lipinski definition) is 2. The van der Waals surface area contributed by atoms with Crippen molar-refractivity contribution < 1.29 is 4.79 Å². The minimum absolute atomic E-state index is 0.0472. The van der Waals surface area contributed by atoms with Crippen LogP contribution in [0.15, 0.2) is 0 Å². The molecule has 0 unspecified atom stereocenters. The Morgan fingerprint density at radius 2 is 2.36 bits per heavy atom. The predicted molar refractivity (Wildman–Crippen MR) is 69.7 cm³/mol. The maximum Gasteiger partial charge on any atom is 0.220 e. The molecule has 0 spiro atoms. The maximum absolute atomic E-state index is 11.1. The minimum atomic E-state index is 0.0472. The second kappa shape index (κ2) is 9.38. The van der Waals surface area contributed by atoms with Gasteiger partial charge in [-0.15, -0.1) is 36.7 Å². The van der Waals surface area contributed by atoms with E-state index >= 15 is 0 Å². The van der Waals surface area contributed by atoms with Gasteiger partial charge in [0, 0.05) is 25.1 Å². The lowest BCUT2D eigenvalue weighted by Crippen LogP contribution is -2.25. The molecular formula is C9H13NOS3. The number of carbonyl (C=O) groups is 1. The van der Waals surface area contributed by atoms with Gasteiger partial charge in [0.1, 0.15) is 3.53 Å². The summed E-state index contributed by atoms with van der Waals surface area (Å²) < 4.78 is 0.603. The lowest BCUT2D eigenvalue weighted by molar-refractivity contribution is -0.121. The molecule has 0 aromatic rings. The van der Waals surface area contributed by atoms with Crippen molar-refractivity contribution >= 4 is 46.0 Å². The maximum atomic E-state index is 11.1. The van der Waals surface area contributed by atoms with Gasteiger partial charge in [-0.25, -0.2) is 0 Å². The normalized spacial score (nSPS) is 9.14. The van der Waals surface area contributed by atoms with E-state index in [-0.39, 0.29) is 5.91 Å². The van der Waals surface area contributed by atoms with E-state index in [0.29, 0.717) is 22.9 Å². The van der Waals surface area contributed by atoms with Crippen molar-refractivity contribution in [1.29, 1.82) is 0 Å². The predicted octanol–water partition coefficient (Wildman–Crippen LogP) is 1.85. The Morgan fingerprint density at radius 3 is 2.93 bits per heavy atom. The molecule has 5 heteroatoms. The number of terminal acetylenes is 1. The molecule has 0 aromatic carbocycles. The fourth-order valence-corrected chi connectivity index (χ4v) is 1.67. The number of nitrogens with one attached hydrogen (secondary N) is 1. The molecule has 0 aromatic heterocycles. The number of hydrogen-bond acceptors (Lipinski definition) is 3. The number of rotatable bonds is 6. The SMILES string of the molecule is C#CCCCC(=O)NCCSC(=S)S. The molecule has 0 aliphatic carbocycles. The third kappa shape index (κ3) is 9.90. The molecule has 1 N–H and O–H groups in total. The average molecular weight is 247 g/mol. The smallest absolute Gasteiger partial charge is 0.220 e. The summed E-state index contributed by atoms with van der Waals surface area (Å²) in [6.45, 7) is 0.625. The van der Waals surface area contributed by atoms with Crippen LogP contribution in [0.5, 0.6) is 0 Å². The van der Waals surface area contributed by atoms with E-state index in [9.17, 15) is 4.79 Å². The number of amides is 1. The van der Waals surface area contributed by atoms with Gasteiger partial charge in [0.2, 0.25) is 5.91 Å². The molecule has 78 valence electrons. The third-order valence-corrected chi connectivity index (χ3v) is 2.77. The van der Waals surface area contributed by atoms with Crippen molar-refractivity contribution in [2.24, 2.45) is 0 Å². The fraction of sp³-hybridized carbons (Fsp3) is 0.556. The summed E-state index contributed by atoms with van der Waals surface area (Å²) in [6.07, 6.45) is 6.97. The Kier molecular flexibility index (Phi) is 9.26. The first kappa shape index (κ1) is 13.8. The van der Waals surface area contributed by atoms with Gasteiger partial charge in [0.05, 0.1) is 0 Å². The van der Waals surface area contributed by atoms with Gasteiger partial charge in [0.25, 0.3) is 0 Å². The zero-order valence-corrected chi connectivity index (χ0v) is 10.3. The highest BCUT2D eigenvalue weighted by atomic mass is 32.2. The molecule has 1 amide bonds. The Labute approximate surface area is 100 Å². The Morgan fingerprint density at radius 1 is 1.64 bits per heavy atom. The van der Waals surface area contributed by atoms with E-state index in [1.165, 1.54) is 11.8 Å². The highest BCUT2D eigenvalue weighted by molar-refractivity contribution is 8.41. The van der Waals surface area contributed by atoms with Crippen LogP contribution >= 0.6 is 36.6 Å². The molecule has 0 radical (unpaired) electrons. The fourth-order valence-electron chi connectivity index (χ4n) is 0.768. The molecule has 0 saturated carbocycles. The van der Waals surface area contributed by atoms with Crippen molar-refractivity contribution in [3.8, 4) is 12.3 Å². The van der Waals surface area contributed by atoms with Crippen LogP contribution in [0.2, 0.25) is 0 Å². The molecule has 0 fully saturated rings. The third-order valence-electron chi connectivity index (χ3n) is 1.37. The van der Waals surface area contributed by atoms with Gasteiger partial charge in [-0.3, -0.25) is 4.79 Å². The van der Waals surface area contributed by atoms with Gasteiger partial charge in [-0.1, -0.05) is 12.2 Å². The summed E-state index contributed by atoms with van der Waals surface area (Å²) in [4.78, 5) is 11.1. The molecule has 0 aliphatic rings. The molecule has 0 heterocycles. The van der Waals surface area contributed by atoms with Gasteiger partial charge in [-0.2, -0.15) is 0 Å².